The van der Waals surface area contributed by atoms with Crippen LogP contribution in [0.4, 0.5) is 0 Å². The molecule has 18 heavy (non-hydrogen) atoms. The molecule has 3 atom stereocenters. The van der Waals surface area contributed by atoms with Gasteiger partial charge in [0.25, 0.3) is 0 Å². The Morgan fingerprint density at radius 1 is 1.33 bits per heavy atom. The second-order valence-corrected chi connectivity index (χ2v) is 6.32. The van der Waals surface area contributed by atoms with E-state index in [1.54, 1.807) is 6.92 Å². The van der Waals surface area contributed by atoms with Gasteiger partial charge in [-0.2, -0.15) is 0 Å². The monoisotopic (exact) mass is 253 g/mol. The lowest BCUT2D eigenvalue weighted by Crippen LogP contribution is -2.50. The summed E-state index contributed by atoms with van der Waals surface area (Å²) in [4.78, 5) is 13.8. The highest BCUT2D eigenvalue weighted by Crippen LogP contribution is 2.36. The zero-order valence-electron chi connectivity index (χ0n) is 11.5. The molecule has 1 amide bonds. The van der Waals surface area contributed by atoms with Crippen molar-refractivity contribution in [3.8, 4) is 0 Å². The number of rotatable bonds is 5. The van der Waals surface area contributed by atoms with Crippen molar-refractivity contribution < 1.29 is 4.79 Å². The van der Waals surface area contributed by atoms with Gasteiger partial charge < -0.3 is 16.4 Å². The Kier molecular flexibility index (Phi) is 4.28. The van der Waals surface area contributed by atoms with Crippen molar-refractivity contribution in [2.24, 2.45) is 17.4 Å². The number of fused-ring (bicyclic) bond motifs is 1. The summed E-state index contributed by atoms with van der Waals surface area (Å²) in [6.45, 7) is 4.03. The lowest BCUT2D eigenvalue weighted by atomic mass is 9.91. The highest BCUT2D eigenvalue weighted by Gasteiger charge is 2.35. The third-order valence-corrected chi connectivity index (χ3v) is 4.81. The summed E-state index contributed by atoms with van der Waals surface area (Å²) in [5, 5.41) is 0. The molecular formula is C14H27N3O. The van der Waals surface area contributed by atoms with Crippen LogP contribution in [0.15, 0.2) is 0 Å². The SMILES string of the molecule is CC(N)(CCCN1CCCC2CCCC21)C(N)=O. The number of primary amides is 1. The molecule has 4 heteroatoms. The molecule has 2 fully saturated rings. The van der Waals surface area contributed by atoms with Crippen molar-refractivity contribution in [3.63, 3.8) is 0 Å². The molecule has 0 spiro atoms. The molecule has 4 nitrogen and oxygen atoms in total. The van der Waals surface area contributed by atoms with Crippen molar-refractivity contribution in [1.29, 1.82) is 0 Å². The Bertz CT molecular complexity index is 303. The van der Waals surface area contributed by atoms with Gasteiger partial charge >= 0.3 is 0 Å². The Balaban J connectivity index is 1.78. The molecule has 0 radical (unpaired) electrons. The lowest BCUT2D eigenvalue weighted by Gasteiger charge is -2.38. The molecule has 104 valence electrons. The van der Waals surface area contributed by atoms with Gasteiger partial charge in [0, 0.05) is 6.04 Å². The normalized spacial score (nSPS) is 31.9. The second kappa shape index (κ2) is 5.57. The largest absolute Gasteiger partial charge is 0.368 e. The fourth-order valence-corrected chi connectivity index (χ4v) is 3.61. The van der Waals surface area contributed by atoms with E-state index in [0.717, 1.165) is 24.9 Å². The highest BCUT2D eigenvalue weighted by molar-refractivity contribution is 5.83. The third-order valence-electron chi connectivity index (χ3n) is 4.81. The van der Waals surface area contributed by atoms with Gasteiger partial charge in [-0.15, -0.1) is 0 Å². The van der Waals surface area contributed by atoms with Crippen LogP contribution in [0.1, 0.15) is 51.9 Å². The van der Waals surface area contributed by atoms with E-state index in [0.29, 0.717) is 6.42 Å². The van der Waals surface area contributed by atoms with Gasteiger partial charge in [0.15, 0.2) is 0 Å². The van der Waals surface area contributed by atoms with Gasteiger partial charge in [-0.05, 0) is 64.5 Å². The minimum absolute atomic E-state index is 0.389. The minimum atomic E-state index is -0.842. The van der Waals surface area contributed by atoms with Gasteiger partial charge in [-0.3, -0.25) is 4.79 Å². The molecule has 0 bridgehead atoms. The number of likely N-dealkylation sites (tertiary alicyclic amines) is 1. The summed E-state index contributed by atoms with van der Waals surface area (Å²) in [6, 6.07) is 0.802. The molecule has 3 unspecified atom stereocenters. The molecule has 2 aliphatic rings. The molecule has 1 aliphatic carbocycles. The fourth-order valence-electron chi connectivity index (χ4n) is 3.61. The number of carbonyl (C=O) groups is 1. The van der Waals surface area contributed by atoms with Crippen molar-refractivity contribution >= 4 is 5.91 Å². The van der Waals surface area contributed by atoms with Crippen LogP contribution < -0.4 is 11.5 Å². The van der Waals surface area contributed by atoms with Crippen LogP contribution in [0.5, 0.6) is 0 Å². The van der Waals surface area contributed by atoms with Crippen LogP contribution in [0.2, 0.25) is 0 Å². The molecule has 1 heterocycles. The van der Waals surface area contributed by atoms with E-state index < -0.39 is 5.54 Å². The van der Waals surface area contributed by atoms with Crippen LogP contribution in [0.3, 0.4) is 0 Å². The Morgan fingerprint density at radius 2 is 2.06 bits per heavy atom. The van der Waals surface area contributed by atoms with Crippen molar-refractivity contribution in [3.05, 3.63) is 0 Å². The number of hydrogen-bond acceptors (Lipinski definition) is 3. The van der Waals surface area contributed by atoms with E-state index >= 15 is 0 Å². The second-order valence-electron chi connectivity index (χ2n) is 6.32. The van der Waals surface area contributed by atoms with E-state index in [2.05, 4.69) is 4.90 Å². The van der Waals surface area contributed by atoms with Crippen LogP contribution in [0, 0.1) is 5.92 Å². The molecule has 1 saturated carbocycles. The molecule has 1 aliphatic heterocycles. The van der Waals surface area contributed by atoms with Crippen LogP contribution in [-0.2, 0) is 4.79 Å². The fraction of sp³-hybridized carbons (Fsp3) is 0.929. The molecule has 0 aromatic carbocycles. The summed E-state index contributed by atoms with van der Waals surface area (Å²) in [7, 11) is 0. The predicted molar refractivity (Wildman–Crippen MR) is 73.0 cm³/mol. The molecule has 0 aromatic rings. The maximum absolute atomic E-state index is 11.2. The molecule has 2 rings (SSSR count). The first-order valence-corrected chi connectivity index (χ1v) is 7.33. The summed E-state index contributed by atoms with van der Waals surface area (Å²) in [5.74, 6) is 0.541. The van der Waals surface area contributed by atoms with Gasteiger partial charge in [0.2, 0.25) is 5.91 Å². The summed E-state index contributed by atoms with van der Waals surface area (Å²) < 4.78 is 0. The smallest absolute Gasteiger partial charge is 0.237 e. The van der Waals surface area contributed by atoms with Gasteiger partial charge in [0.1, 0.15) is 0 Å². The summed E-state index contributed by atoms with van der Waals surface area (Å²) in [6.07, 6.45) is 8.57. The van der Waals surface area contributed by atoms with Crippen molar-refractivity contribution in [2.45, 2.75) is 63.5 Å². The van der Waals surface area contributed by atoms with Crippen LogP contribution >= 0.6 is 0 Å². The van der Waals surface area contributed by atoms with Gasteiger partial charge in [0.05, 0.1) is 5.54 Å². The third kappa shape index (κ3) is 3.04. The topological polar surface area (TPSA) is 72.3 Å². The van der Waals surface area contributed by atoms with Crippen molar-refractivity contribution in [2.75, 3.05) is 13.1 Å². The number of amides is 1. The predicted octanol–water partition coefficient (Wildman–Crippen LogP) is 1.23. The Hall–Kier alpha value is -0.610. The van der Waals surface area contributed by atoms with Gasteiger partial charge in [-0.1, -0.05) is 6.42 Å². The first kappa shape index (κ1) is 13.8. The van der Waals surface area contributed by atoms with E-state index in [4.69, 9.17) is 11.5 Å². The first-order valence-electron chi connectivity index (χ1n) is 7.33. The van der Waals surface area contributed by atoms with E-state index in [1.807, 2.05) is 0 Å². The highest BCUT2D eigenvalue weighted by atomic mass is 16.1. The number of piperidine rings is 1. The minimum Gasteiger partial charge on any atom is -0.368 e. The average molecular weight is 253 g/mol. The lowest BCUT2D eigenvalue weighted by molar-refractivity contribution is -0.122. The van der Waals surface area contributed by atoms with E-state index in [1.165, 1.54) is 38.6 Å². The Morgan fingerprint density at radius 3 is 2.78 bits per heavy atom. The maximum atomic E-state index is 11.2. The average Bonchev–Trinajstić information content (AvgIpc) is 2.77. The zero-order chi connectivity index (χ0) is 13.2. The quantitative estimate of drug-likeness (QED) is 0.774. The van der Waals surface area contributed by atoms with E-state index in [-0.39, 0.29) is 5.91 Å². The Labute approximate surface area is 110 Å². The molecule has 0 aromatic heterocycles. The van der Waals surface area contributed by atoms with Gasteiger partial charge in [-0.25, -0.2) is 0 Å². The van der Waals surface area contributed by atoms with Crippen LogP contribution in [-0.4, -0.2) is 35.5 Å². The number of nitrogens with zero attached hydrogens (tertiary/aromatic N) is 1. The van der Waals surface area contributed by atoms with E-state index in [9.17, 15) is 4.79 Å². The number of hydrogen-bond donors (Lipinski definition) is 2. The zero-order valence-corrected chi connectivity index (χ0v) is 11.5. The van der Waals surface area contributed by atoms with Crippen LogP contribution in [0.25, 0.3) is 0 Å². The summed E-state index contributed by atoms with van der Waals surface area (Å²) in [5.41, 5.74) is 10.3. The van der Waals surface area contributed by atoms with Crippen molar-refractivity contribution in [1.82, 2.24) is 4.90 Å². The standard InChI is InChI=1S/C14H27N3O/c1-14(16,13(15)18)8-4-10-17-9-3-6-11-5-2-7-12(11)17/h11-12H,2-10,16H2,1H3,(H2,15,18). The number of carbonyl (C=O) groups excluding carboxylic acids is 1. The first-order chi connectivity index (χ1) is 8.50. The number of nitrogens with two attached hydrogens (primary N) is 2. The molecule has 4 N–H and O–H groups in total. The molecular weight excluding hydrogens is 226 g/mol. The maximum Gasteiger partial charge on any atom is 0.237 e. The summed E-state index contributed by atoms with van der Waals surface area (Å²) >= 11 is 0. The molecule has 1 saturated heterocycles.